The van der Waals surface area contributed by atoms with Crippen molar-refractivity contribution in [3.8, 4) is 11.5 Å². The van der Waals surface area contributed by atoms with E-state index in [4.69, 9.17) is 9.47 Å². The number of hydrogen-bond acceptors (Lipinski definition) is 7. The molecule has 2 heterocycles. The molecule has 0 bridgehead atoms. The Morgan fingerprint density at radius 1 is 1.30 bits per heavy atom. The molecule has 1 aromatic heterocycles. The highest BCUT2D eigenvalue weighted by Gasteiger charge is 2.20. The first-order chi connectivity index (χ1) is 9.65. The summed E-state index contributed by atoms with van der Waals surface area (Å²) in [5.74, 6) is 1.40. The zero-order chi connectivity index (χ0) is 14.0. The van der Waals surface area contributed by atoms with Gasteiger partial charge in [-0.3, -0.25) is 0 Å². The van der Waals surface area contributed by atoms with Crippen molar-refractivity contribution in [2.45, 2.75) is 11.3 Å². The van der Waals surface area contributed by atoms with Crippen molar-refractivity contribution in [3.63, 3.8) is 0 Å². The Morgan fingerprint density at radius 3 is 2.95 bits per heavy atom. The van der Waals surface area contributed by atoms with E-state index in [0.717, 1.165) is 0 Å². The molecule has 0 saturated heterocycles. The number of H-pyrrole nitrogens is 1. The quantitative estimate of drug-likeness (QED) is 0.759. The highest BCUT2D eigenvalue weighted by molar-refractivity contribution is 7.89. The summed E-state index contributed by atoms with van der Waals surface area (Å²) in [6, 6.07) is 4.46. The number of aromatic nitrogens is 4. The number of rotatable bonds is 5. The van der Waals surface area contributed by atoms with Crippen molar-refractivity contribution in [3.05, 3.63) is 24.0 Å². The second-order valence-corrected chi connectivity index (χ2v) is 5.76. The van der Waals surface area contributed by atoms with Gasteiger partial charge >= 0.3 is 0 Å². The number of aromatic amines is 1. The Labute approximate surface area is 114 Å². The van der Waals surface area contributed by atoms with Crippen LogP contribution in [0, 0.1) is 0 Å². The standard InChI is InChI=1S/C10H11N5O4S/c16-20(17,11-4-3-10-12-14-15-13-10)7-1-2-8-9(5-7)19-6-18-8/h1-2,5,11H,3-4,6H2,(H,12,13,14,15). The minimum atomic E-state index is -3.61. The molecule has 0 spiro atoms. The summed E-state index contributed by atoms with van der Waals surface area (Å²) < 4.78 is 36.9. The van der Waals surface area contributed by atoms with E-state index in [-0.39, 0.29) is 18.2 Å². The number of hydrogen-bond donors (Lipinski definition) is 2. The van der Waals surface area contributed by atoms with E-state index in [0.29, 0.717) is 23.7 Å². The van der Waals surface area contributed by atoms with Crippen LogP contribution in [0.5, 0.6) is 11.5 Å². The van der Waals surface area contributed by atoms with Gasteiger partial charge in [0.25, 0.3) is 0 Å². The van der Waals surface area contributed by atoms with Gasteiger partial charge < -0.3 is 9.47 Å². The van der Waals surface area contributed by atoms with E-state index in [1.807, 2.05) is 0 Å². The lowest BCUT2D eigenvalue weighted by Gasteiger charge is -2.06. The maximum absolute atomic E-state index is 12.1. The highest BCUT2D eigenvalue weighted by atomic mass is 32.2. The van der Waals surface area contributed by atoms with Crippen LogP contribution < -0.4 is 14.2 Å². The Bertz CT molecular complexity index is 700. The van der Waals surface area contributed by atoms with Crippen LogP contribution in [-0.2, 0) is 16.4 Å². The van der Waals surface area contributed by atoms with Gasteiger partial charge in [-0.05, 0) is 12.1 Å². The van der Waals surface area contributed by atoms with Crippen LogP contribution in [-0.4, -0.2) is 42.4 Å². The minimum Gasteiger partial charge on any atom is -0.454 e. The molecule has 9 nitrogen and oxygen atoms in total. The number of nitrogens with one attached hydrogen (secondary N) is 2. The Balaban J connectivity index is 1.68. The van der Waals surface area contributed by atoms with Crippen LogP contribution in [0.25, 0.3) is 0 Å². The van der Waals surface area contributed by atoms with Crippen LogP contribution in [0.1, 0.15) is 5.82 Å². The predicted octanol–water partition coefficient (Wildman–Crippen LogP) is -0.551. The lowest BCUT2D eigenvalue weighted by atomic mass is 10.3. The zero-order valence-corrected chi connectivity index (χ0v) is 11.1. The topological polar surface area (TPSA) is 119 Å². The molecular weight excluding hydrogens is 286 g/mol. The van der Waals surface area contributed by atoms with E-state index in [1.165, 1.54) is 12.1 Å². The highest BCUT2D eigenvalue weighted by Crippen LogP contribution is 2.33. The predicted molar refractivity (Wildman–Crippen MR) is 65.6 cm³/mol. The first kappa shape index (κ1) is 12.8. The van der Waals surface area contributed by atoms with Crippen LogP contribution in [0.3, 0.4) is 0 Å². The van der Waals surface area contributed by atoms with Crippen LogP contribution in [0.2, 0.25) is 0 Å². The molecule has 0 saturated carbocycles. The molecule has 0 radical (unpaired) electrons. The van der Waals surface area contributed by atoms with Crippen LogP contribution in [0.15, 0.2) is 23.1 Å². The van der Waals surface area contributed by atoms with Gasteiger partial charge in [-0.25, -0.2) is 13.1 Å². The molecule has 2 aromatic rings. The first-order valence-corrected chi connectivity index (χ1v) is 7.25. The van der Waals surface area contributed by atoms with Gasteiger partial charge in [-0.1, -0.05) is 5.21 Å². The molecule has 1 aromatic carbocycles. The third-order valence-electron chi connectivity index (χ3n) is 2.68. The number of tetrazole rings is 1. The fourth-order valence-electron chi connectivity index (χ4n) is 1.71. The maximum atomic E-state index is 12.1. The normalized spacial score (nSPS) is 13.6. The van der Waals surface area contributed by atoms with Gasteiger partial charge in [0.05, 0.1) is 4.90 Å². The molecule has 0 unspecified atom stereocenters. The molecule has 20 heavy (non-hydrogen) atoms. The summed E-state index contributed by atoms with van der Waals surface area (Å²) in [5, 5.41) is 13.2. The Morgan fingerprint density at radius 2 is 2.15 bits per heavy atom. The maximum Gasteiger partial charge on any atom is 0.240 e. The molecule has 3 rings (SSSR count). The number of sulfonamides is 1. The number of fused-ring (bicyclic) bond motifs is 1. The summed E-state index contributed by atoms with van der Waals surface area (Å²) in [6.07, 6.45) is 0.348. The second-order valence-electron chi connectivity index (χ2n) is 3.99. The van der Waals surface area contributed by atoms with Crippen molar-refractivity contribution in [2.75, 3.05) is 13.3 Å². The fourth-order valence-corrected chi connectivity index (χ4v) is 2.76. The van der Waals surface area contributed by atoms with Gasteiger partial charge in [0, 0.05) is 19.0 Å². The molecule has 2 N–H and O–H groups in total. The molecule has 0 fully saturated rings. The molecule has 0 aliphatic carbocycles. The number of ether oxygens (including phenoxy) is 2. The Kier molecular flexibility index (Phi) is 3.24. The average Bonchev–Trinajstić information content (AvgIpc) is 3.08. The van der Waals surface area contributed by atoms with Crippen molar-refractivity contribution in [2.24, 2.45) is 0 Å². The van der Waals surface area contributed by atoms with Crippen LogP contribution in [0.4, 0.5) is 0 Å². The summed E-state index contributed by atoms with van der Waals surface area (Å²) in [7, 11) is -3.61. The summed E-state index contributed by atoms with van der Waals surface area (Å²) in [6.45, 7) is 0.278. The van der Waals surface area contributed by atoms with Crippen molar-refractivity contribution in [1.29, 1.82) is 0 Å². The largest absolute Gasteiger partial charge is 0.454 e. The van der Waals surface area contributed by atoms with Crippen LogP contribution >= 0.6 is 0 Å². The third-order valence-corrected chi connectivity index (χ3v) is 4.14. The lowest BCUT2D eigenvalue weighted by Crippen LogP contribution is -2.26. The van der Waals surface area contributed by atoms with E-state index in [2.05, 4.69) is 25.3 Å². The lowest BCUT2D eigenvalue weighted by molar-refractivity contribution is 0.174. The first-order valence-electron chi connectivity index (χ1n) is 5.77. The molecule has 0 amide bonds. The van der Waals surface area contributed by atoms with E-state index in [1.54, 1.807) is 6.07 Å². The number of nitrogens with zero attached hydrogens (tertiary/aromatic N) is 3. The van der Waals surface area contributed by atoms with Gasteiger partial charge in [-0.15, -0.1) is 10.2 Å². The average molecular weight is 297 g/mol. The van der Waals surface area contributed by atoms with E-state index in [9.17, 15) is 8.42 Å². The van der Waals surface area contributed by atoms with E-state index < -0.39 is 10.0 Å². The van der Waals surface area contributed by atoms with Crippen molar-refractivity contribution < 1.29 is 17.9 Å². The Hall–Kier alpha value is -2.20. The van der Waals surface area contributed by atoms with Gasteiger partial charge in [-0.2, -0.15) is 5.21 Å². The molecule has 106 valence electrons. The van der Waals surface area contributed by atoms with Gasteiger partial charge in [0.1, 0.15) is 0 Å². The molecule has 1 aliphatic rings. The second kappa shape index (κ2) is 5.06. The summed E-state index contributed by atoms with van der Waals surface area (Å²) in [4.78, 5) is 0.120. The molecule has 0 atom stereocenters. The molecular formula is C10H11N5O4S. The van der Waals surface area contributed by atoms with Crippen molar-refractivity contribution >= 4 is 10.0 Å². The van der Waals surface area contributed by atoms with Crippen molar-refractivity contribution in [1.82, 2.24) is 25.3 Å². The molecule has 1 aliphatic heterocycles. The summed E-state index contributed by atoms with van der Waals surface area (Å²) >= 11 is 0. The molecule has 10 heteroatoms. The smallest absolute Gasteiger partial charge is 0.240 e. The fraction of sp³-hybridized carbons (Fsp3) is 0.300. The zero-order valence-electron chi connectivity index (χ0n) is 10.2. The minimum absolute atomic E-state index is 0.101. The summed E-state index contributed by atoms with van der Waals surface area (Å²) in [5.41, 5.74) is 0. The monoisotopic (exact) mass is 297 g/mol. The van der Waals surface area contributed by atoms with Gasteiger partial charge in [0.2, 0.25) is 16.8 Å². The van der Waals surface area contributed by atoms with Gasteiger partial charge in [0.15, 0.2) is 17.3 Å². The SMILES string of the molecule is O=S(=O)(NCCc1nn[nH]n1)c1ccc2c(c1)OCO2. The van der Waals surface area contributed by atoms with E-state index >= 15 is 0 Å². The number of benzene rings is 1. The third kappa shape index (κ3) is 2.56.